The first-order chi connectivity index (χ1) is 9.69. The van der Waals surface area contributed by atoms with E-state index in [9.17, 15) is 4.39 Å². The largest absolute Gasteiger partial charge is 0.319 e. The molecule has 0 aliphatic heterocycles. The van der Waals surface area contributed by atoms with E-state index in [0.29, 0.717) is 5.92 Å². The van der Waals surface area contributed by atoms with Crippen LogP contribution in [0, 0.1) is 11.7 Å². The molecule has 1 unspecified atom stereocenters. The molecule has 0 amide bonds. The molecule has 106 valence electrons. The number of rotatable bonds is 6. The Morgan fingerprint density at radius 1 is 1.05 bits per heavy atom. The zero-order valence-corrected chi connectivity index (χ0v) is 12.3. The summed E-state index contributed by atoms with van der Waals surface area (Å²) in [6.07, 6.45) is 1.82. The summed E-state index contributed by atoms with van der Waals surface area (Å²) in [4.78, 5) is 0. The van der Waals surface area contributed by atoms with E-state index in [1.807, 2.05) is 37.4 Å². The Labute approximate surface area is 124 Å². The Morgan fingerprint density at radius 3 is 2.40 bits per heavy atom. The molecule has 0 aliphatic rings. The van der Waals surface area contributed by atoms with Crippen LogP contribution < -0.4 is 5.32 Å². The van der Waals surface area contributed by atoms with E-state index in [1.54, 1.807) is 0 Å². The summed E-state index contributed by atoms with van der Waals surface area (Å²) < 4.78 is 12.9. The zero-order chi connectivity index (χ0) is 14.4. The van der Waals surface area contributed by atoms with Crippen LogP contribution in [0.4, 0.5) is 4.39 Å². The fourth-order valence-electron chi connectivity index (χ4n) is 2.43. The van der Waals surface area contributed by atoms with E-state index in [2.05, 4.69) is 11.4 Å². The molecule has 1 N–H and O–H groups in total. The van der Waals surface area contributed by atoms with Crippen molar-refractivity contribution in [2.24, 2.45) is 5.92 Å². The van der Waals surface area contributed by atoms with Crippen LogP contribution in [0.2, 0.25) is 5.02 Å². The molecule has 0 aromatic heterocycles. The Bertz CT molecular complexity index is 539. The number of halogens is 2. The molecule has 0 saturated heterocycles. The highest BCUT2D eigenvalue weighted by Crippen LogP contribution is 2.21. The fraction of sp³-hybridized carbons (Fsp3) is 0.294. The molecular formula is C17H19ClFN. The van der Waals surface area contributed by atoms with Gasteiger partial charge in [0.1, 0.15) is 5.82 Å². The van der Waals surface area contributed by atoms with Crippen molar-refractivity contribution in [2.45, 2.75) is 12.8 Å². The summed E-state index contributed by atoms with van der Waals surface area (Å²) in [7, 11) is 1.95. The molecule has 2 aromatic carbocycles. The van der Waals surface area contributed by atoms with Crippen LogP contribution in [0.25, 0.3) is 0 Å². The molecule has 2 rings (SSSR count). The molecule has 1 atom stereocenters. The third kappa shape index (κ3) is 4.32. The normalized spacial score (nSPS) is 12.3. The van der Waals surface area contributed by atoms with Gasteiger partial charge >= 0.3 is 0 Å². The second-order valence-corrected chi connectivity index (χ2v) is 5.46. The van der Waals surface area contributed by atoms with E-state index in [1.165, 1.54) is 12.1 Å². The van der Waals surface area contributed by atoms with Crippen molar-refractivity contribution < 1.29 is 4.39 Å². The molecule has 0 fully saturated rings. The smallest absolute Gasteiger partial charge is 0.123 e. The van der Waals surface area contributed by atoms with E-state index in [-0.39, 0.29) is 5.82 Å². The van der Waals surface area contributed by atoms with Gasteiger partial charge < -0.3 is 5.32 Å². The molecule has 0 bridgehead atoms. The van der Waals surface area contributed by atoms with Gasteiger partial charge in [0, 0.05) is 5.02 Å². The first-order valence-electron chi connectivity index (χ1n) is 6.81. The summed E-state index contributed by atoms with van der Waals surface area (Å²) in [5, 5.41) is 4.03. The maximum absolute atomic E-state index is 12.9. The van der Waals surface area contributed by atoms with Gasteiger partial charge in [0.25, 0.3) is 0 Å². The third-order valence-corrected chi connectivity index (χ3v) is 3.77. The van der Waals surface area contributed by atoms with Gasteiger partial charge in [-0.15, -0.1) is 0 Å². The van der Waals surface area contributed by atoms with Crippen molar-refractivity contribution in [1.29, 1.82) is 0 Å². The topological polar surface area (TPSA) is 12.0 Å². The third-order valence-electron chi connectivity index (χ3n) is 3.40. The van der Waals surface area contributed by atoms with Crippen molar-refractivity contribution in [3.63, 3.8) is 0 Å². The molecule has 0 saturated carbocycles. The van der Waals surface area contributed by atoms with Gasteiger partial charge in [0.05, 0.1) is 0 Å². The summed E-state index contributed by atoms with van der Waals surface area (Å²) in [5.74, 6) is 0.246. The lowest BCUT2D eigenvalue weighted by Crippen LogP contribution is -2.23. The molecule has 3 heteroatoms. The monoisotopic (exact) mass is 291 g/mol. The van der Waals surface area contributed by atoms with Gasteiger partial charge in [-0.2, -0.15) is 0 Å². The number of hydrogen-bond acceptors (Lipinski definition) is 1. The van der Waals surface area contributed by atoms with Crippen LogP contribution in [-0.2, 0) is 12.8 Å². The van der Waals surface area contributed by atoms with Crippen LogP contribution in [-0.4, -0.2) is 13.6 Å². The maximum atomic E-state index is 12.9. The number of nitrogens with one attached hydrogen (secondary N) is 1. The van der Waals surface area contributed by atoms with Crippen LogP contribution in [0.5, 0.6) is 0 Å². The Balaban J connectivity index is 2.07. The van der Waals surface area contributed by atoms with Crippen LogP contribution in [0.3, 0.4) is 0 Å². The second-order valence-electron chi connectivity index (χ2n) is 5.05. The lowest BCUT2D eigenvalue weighted by Gasteiger charge is -2.17. The van der Waals surface area contributed by atoms with E-state index < -0.39 is 0 Å². The highest BCUT2D eigenvalue weighted by atomic mass is 35.5. The van der Waals surface area contributed by atoms with Gasteiger partial charge in [0.15, 0.2) is 0 Å². The Kier molecular flexibility index (Phi) is 5.57. The Hall–Kier alpha value is -1.38. The highest BCUT2D eigenvalue weighted by Gasteiger charge is 2.12. The highest BCUT2D eigenvalue weighted by molar-refractivity contribution is 6.31. The fourth-order valence-corrected chi connectivity index (χ4v) is 2.65. The summed E-state index contributed by atoms with van der Waals surface area (Å²) in [6, 6.07) is 14.7. The average Bonchev–Trinajstić information content (AvgIpc) is 2.44. The number of hydrogen-bond donors (Lipinski definition) is 1. The maximum Gasteiger partial charge on any atom is 0.123 e. The summed E-state index contributed by atoms with van der Waals surface area (Å²) in [5.41, 5.74) is 2.32. The molecule has 0 aliphatic carbocycles. The van der Waals surface area contributed by atoms with Crippen LogP contribution in [0.1, 0.15) is 11.1 Å². The first-order valence-corrected chi connectivity index (χ1v) is 7.19. The standard InChI is InChI=1S/C17H19ClFN/c1-20-12-14(10-13-6-8-16(19)9-7-13)11-15-4-2-3-5-17(15)18/h2-9,14,20H,10-12H2,1H3. The van der Waals surface area contributed by atoms with Gasteiger partial charge in [0.2, 0.25) is 0 Å². The van der Waals surface area contributed by atoms with Crippen molar-refractivity contribution in [2.75, 3.05) is 13.6 Å². The molecule has 20 heavy (non-hydrogen) atoms. The second kappa shape index (κ2) is 7.41. The molecule has 0 heterocycles. The zero-order valence-electron chi connectivity index (χ0n) is 11.6. The minimum absolute atomic E-state index is 0.190. The molecular weight excluding hydrogens is 273 g/mol. The van der Waals surface area contributed by atoms with Gasteiger partial charge in [-0.1, -0.05) is 41.9 Å². The molecule has 0 spiro atoms. The predicted molar refractivity (Wildman–Crippen MR) is 82.7 cm³/mol. The lowest BCUT2D eigenvalue weighted by atomic mass is 9.92. The lowest BCUT2D eigenvalue weighted by molar-refractivity contribution is 0.493. The summed E-state index contributed by atoms with van der Waals surface area (Å²) >= 11 is 6.22. The van der Waals surface area contributed by atoms with Crippen molar-refractivity contribution in [3.8, 4) is 0 Å². The van der Waals surface area contributed by atoms with Crippen LogP contribution in [0.15, 0.2) is 48.5 Å². The predicted octanol–water partition coefficient (Wildman–Crippen LogP) is 4.10. The molecule has 2 aromatic rings. The van der Waals surface area contributed by atoms with Gasteiger partial charge in [-0.05, 0) is 61.7 Å². The van der Waals surface area contributed by atoms with Crippen molar-refractivity contribution >= 4 is 11.6 Å². The SMILES string of the molecule is CNCC(Cc1ccc(F)cc1)Cc1ccccc1Cl. The van der Waals surface area contributed by atoms with E-state index >= 15 is 0 Å². The van der Waals surface area contributed by atoms with Crippen molar-refractivity contribution in [1.82, 2.24) is 5.32 Å². The molecule has 0 radical (unpaired) electrons. The van der Waals surface area contributed by atoms with Gasteiger partial charge in [-0.25, -0.2) is 4.39 Å². The summed E-state index contributed by atoms with van der Waals surface area (Å²) in [6.45, 7) is 0.905. The minimum Gasteiger partial charge on any atom is -0.319 e. The van der Waals surface area contributed by atoms with Crippen molar-refractivity contribution in [3.05, 3.63) is 70.5 Å². The first kappa shape index (κ1) is 15.0. The minimum atomic E-state index is -0.190. The van der Waals surface area contributed by atoms with Crippen LogP contribution >= 0.6 is 11.6 Å². The number of benzene rings is 2. The quantitative estimate of drug-likeness (QED) is 0.845. The van der Waals surface area contributed by atoms with E-state index in [0.717, 1.165) is 35.5 Å². The average molecular weight is 292 g/mol. The van der Waals surface area contributed by atoms with E-state index in [4.69, 9.17) is 11.6 Å². The Morgan fingerprint density at radius 2 is 1.75 bits per heavy atom. The van der Waals surface area contributed by atoms with Gasteiger partial charge in [-0.3, -0.25) is 0 Å². The molecule has 1 nitrogen and oxygen atoms in total.